The minimum absolute atomic E-state index is 0.129. The van der Waals surface area contributed by atoms with Gasteiger partial charge in [0.25, 0.3) is 0 Å². The van der Waals surface area contributed by atoms with Crippen molar-refractivity contribution in [1.82, 2.24) is 0 Å². The number of anilines is 1. The first-order valence-electron chi connectivity index (χ1n) is 4.93. The number of hydrogen-bond acceptors (Lipinski definition) is 4. The van der Waals surface area contributed by atoms with Crippen molar-refractivity contribution in [2.75, 3.05) is 5.32 Å². The Morgan fingerprint density at radius 2 is 2.12 bits per heavy atom. The number of hydrogen-bond donors (Lipinski definition) is 3. The van der Waals surface area contributed by atoms with E-state index in [9.17, 15) is 4.79 Å². The molecule has 82 valence electrons. The number of nitrogens with one attached hydrogen (secondary N) is 1. The van der Waals surface area contributed by atoms with Crippen LogP contribution in [0.2, 0.25) is 0 Å². The third kappa shape index (κ3) is 1.59. The second-order valence-electron chi connectivity index (χ2n) is 3.63. The fourth-order valence-corrected chi connectivity index (χ4v) is 1.53. The zero-order valence-corrected chi connectivity index (χ0v) is 8.79. The van der Waals surface area contributed by atoms with Crippen LogP contribution in [0.25, 0.3) is 0 Å². The molecule has 0 unspecified atom stereocenters. The normalized spacial score (nSPS) is 15.1. The summed E-state index contributed by atoms with van der Waals surface area (Å²) in [6.45, 7) is 4.02. The third-order valence-corrected chi connectivity index (χ3v) is 2.53. The molecule has 0 amide bonds. The molecule has 4 nitrogen and oxygen atoms in total. The zero-order chi connectivity index (χ0) is 11.7. The van der Waals surface area contributed by atoms with Crippen LogP contribution in [0, 0.1) is 0 Å². The summed E-state index contributed by atoms with van der Waals surface area (Å²) in [5.41, 5.74) is 14.2. The van der Waals surface area contributed by atoms with Gasteiger partial charge >= 0.3 is 0 Å². The van der Waals surface area contributed by atoms with Crippen molar-refractivity contribution in [1.29, 1.82) is 0 Å². The van der Waals surface area contributed by atoms with Crippen LogP contribution in [0.1, 0.15) is 5.56 Å². The van der Waals surface area contributed by atoms with Crippen molar-refractivity contribution >= 4 is 11.5 Å². The van der Waals surface area contributed by atoms with Gasteiger partial charge in [0.05, 0.1) is 5.70 Å². The number of allylic oxidation sites excluding steroid dienone is 2. The second kappa shape index (κ2) is 3.83. The number of rotatable bonds is 3. The zero-order valence-electron chi connectivity index (χ0n) is 8.79. The van der Waals surface area contributed by atoms with Crippen LogP contribution < -0.4 is 16.8 Å². The summed E-state index contributed by atoms with van der Waals surface area (Å²) in [5, 5.41) is 2.97. The van der Waals surface area contributed by atoms with Crippen LogP contribution >= 0.6 is 0 Å². The van der Waals surface area contributed by atoms with Gasteiger partial charge in [-0.25, -0.2) is 0 Å². The lowest BCUT2D eigenvalue weighted by atomic mass is 9.93. The maximum atomic E-state index is 11.4. The average Bonchev–Trinajstić information content (AvgIpc) is 2.34. The fraction of sp³-hybridized carbons (Fsp3) is 0.0833. The molecule has 0 fully saturated rings. The van der Waals surface area contributed by atoms with Crippen molar-refractivity contribution in [3.63, 3.8) is 0 Å². The van der Waals surface area contributed by atoms with Crippen LogP contribution in [-0.4, -0.2) is 5.78 Å². The predicted octanol–water partition coefficient (Wildman–Crippen LogP) is 0.866. The minimum Gasteiger partial charge on any atom is -0.396 e. The Kier molecular flexibility index (Phi) is 2.50. The summed E-state index contributed by atoms with van der Waals surface area (Å²) in [7, 11) is 0. The first-order chi connectivity index (χ1) is 7.63. The highest BCUT2D eigenvalue weighted by Crippen LogP contribution is 2.26. The lowest BCUT2D eigenvalue weighted by molar-refractivity contribution is -0.113. The van der Waals surface area contributed by atoms with E-state index in [1.807, 2.05) is 24.3 Å². The van der Waals surface area contributed by atoms with E-state index in [0.29, 0.717) is 23.5 Å². The molecule has 5 N–H and O–H groups in total. The van der Waals surface area contributed by atoms with Gasteiger partial charge in [0.1, 0.15) is 5.70 Å². The van der Waals surface area contributed by atoms with Gasteiger partial charge < -0.3 is 16.8 Å². The summed E-state index contributed by atoms with van der Waals surface area (Å²) in [6.07, 6.45) is 0. The molecule has 0 radical (unpaired) electrons. The molecule has 16 heavy (non-hydrogen) atoms. The van der Waals surface area contributed by atoms with Crippen LogP contribution in [0.4, 0.5) is 5.69 Å². The first-order valence-corrected chi connectivity index (χ1v) is 4.93. The number of nitrogens with two attached hydrogens (primary N) is 2. The molecule has 1 aromatic rings. The number of carbonyl (C=O) groups excluding carboxylic acids is 1. The van der Waals surface area contributed by atoms with E-state index in [4.69, 9.17) is 11.5 Å². The van der Waals surface area contributed by atoms with Crippen molar-refractivity contribution in [2.45, 2.75) is 6.54 Å². The molecule has 0 heterocycles. The number of benzene rings is 1. The Bertz CT molecular complexity index is 503. The first kappa shape index (κ1) is 10.4. The van der Waals surface area contributed by atoms with E-state index >= 15 is 0 Å². The Hall–Kier alpha value is -2.07. The number of ketones is 1. The molecule has 0 aromatic heterocycles. The van der Waals surface area contributed by atoms with Crippen LogP contribution in [0.5, 0.6) is 0 Å². The summed E-state index contributed by atoms with van der Waals surface area (Å²) in [4.78, 5) is 11.4. The molecular formula is C12H13N3O. The average molecular weight is 215 g/mol. The molecule has 0 bridgehead atoms. The molecular weight excluding hydrogens is 202 g/mol. The van der Waals surface area contributed by atoms with Crippen LogP contribution in [0.15, 0.2) is 47.8 Å². The monoisotopic (exact) mass is 215 g/mol. The van der Waals surface area contributed by atoms with Gasteiger partial charge in [0, 0.05) is 17.8 Å². The molecule has 1 aromatic carbocycles. The maximum Gasteiger partial charge on any atom is 0.212 e. The van der Waals surface area contributed by atoms with Gasteiger partial charge in [-0.3, -0.25) is 4.79 Å². The Balaban J connectivity index is 2.22. The summed E-state index contributed by atoms with van der Waals surface area (Å²) < 4.78 is 0. The molecule has 2 rings (SSSR count). The van der Waals surface area contributed by atoms with Gasteiger partial charge in [0.15, 0.2) is 0 Å². The van der Waals surface area contributed by atoms with E-state index in [2.05, 4.69) is 11.9 Å². The Morgan fingerprint density at radius 1 is 1.38 bits per heavy atom. The fourth-order valence-electron chi connectivity index (χ4n) is 1.53. The van der Waals surface area contributed by atoms with Gasteiger partial charge in [0.2, 0.25) is 5.78 Å². The predicted molar refractivity (Wildman–Crippen MR) is 63.3 cm³/mol. The van der Waals surface area contributed by atoms with E-state index in [1.54, 1.807) is 0 Å². The Morgan fingerprint density at radius 3 is 2.75 bits per heavy atom. The molecule has 0 atom stereocenters. The maximum absolute atomic E-state index is 11.4. The quantitative estimate of drug-likeness (QED) is 0.653. The highest BCUT2D eigenvalue weighted by molar-refractivity contribution is 6.20. The second-order valence-corrected chi connectivity index (χ2v) is 3.63. The molecule has 0 aliphatic heterocycles. The summed E-state index contributed by atoms with van der Waals surface area (Å²) in [5.74, 6) is -0.129. The van der Waals surface area contributed by atoms with E-state index in [-0.39, 0.29) is 5.78 Å². The SMILES string of the molecule is C=C1C(=O)C(Nc2cccc(CN)c2)=C1N. The smallest absolute Gasteiger partial charge is 0.212 e. The molecule has 0 spiro atoms. The Labute approximate surface area is 93.6 Å². The highest BCUT2D eigenvalue weighted by Gasteiger charge is 2.29. The number of carbonyl (C=O) groups is 1. The van der Waals surface area contributed by atoms with Crippen molar-refractivity contribution in [3.8, 4) is 0 Å². The topological polar surface area (TPSA) is 81.1 Å². The lowest BCUT2D eigenvalue weighted by Crippen LogP contribution is -2.31. The molecule has 0 saturated heterocycles. The van der Waals surface area contributed by atoms with Crippen LogP contribution in [-0.2, 0) is 11.3 Å². The van der Waals surface area contributed by atoms with E-state index in [1.165, 1.54) is 0 Å². The molecule has 4 heteroatoms. The lowest BCUT2D eigenvalue weighted by Gasteiger charge is -2.22. The molecule has 0 saturated carbocycles. The van der Waals surface area contributed by atoms with E-state index < -0.39 is 0 Å². The molecule has 1 aliphatic carbocycles. The van der Waals surface area contributed by atoms with Gasteiger partial charge in [-0.1, -0.05) is 18.7 Å². The number of Topliss-reactive ketones (excluding diaryl/α,β-unsaturated/α-hetero) is 1. The van der Waals surface area contributed by atoms with Crippen LogP contribution in [0.3, 0.4) is 0 Å². The summed E-state index contributed by atoms with van der Waals surface area (Å²) in [6, 6.07) is 7.53. The highest BCUT2D eigenvalue weighted by atomic mass is 16.1. The van der Waals surface area contributed by atoms with Gasteiger partial charge in [-0.15, -0.1) is 0 Å². The molecule has 1 aliphatic rings. The standard InChI is InChI=1S/C12H13N3O/c1-7-10(14)11(12(7)16)15-9-4-2-3-8(5-9)6-13/h2-5,15H,1,6,13-14H2. The van der Waals surface area contributed by atoms with Crippen molar-refractivity contribution in [3.05, 3.63) is 53.4 Å². The van der Waals surface area contributed by atoms with Crippen molar-refractivity contribution < 1.29 is 4.79 Å². The largest absolute Gasteiger partial charge is 0.396 e. The van der Waals surface area contributed by atoms with E-state index in [0.717, 1.165) is 11.3 Å². The van der Waals surface area contributed by atoms with Gasteiger partial charge in [-0.2, -0.15) is 0 Å². The third-order valence-electron chi connectivity index (χ3n) is 2.53. The summed E-state index contributed by atoms with van der Waals surface area (Å²) >= 11 is 0. The minimum atomic E-state index is -0.129. The van der Waals surface area contributed by atoms with Crippen molar-refractivity contribution in [2.24, 2.45) is 11.5 Å². The van der Waals surface area contributed by atoms with Gasteiger partial charge in [-0.05, 0) is 17.7 Å².